The monoisotopic (exact) mass is 252 g/mol. The van der Waals surface area contributed by atoms with E-state index in [4.69, 9.17) is 5.11 Å². The number of sulfonamides is 1. The van der Waals surface area contributed by atoms with Gasteiger partial charge >= 0.3 is 5.97 Å². The Balaban J connectivity index is 4.66. The Morgan fingerprint density at radius 1 is 1.31 bits per heavy atom. The van der Waals surface area contributed by atoms with E-state index in [0.717, 1.165) is 6.26 Å². The maximum atomic E-state index is 11.6. The predicted molar refractivity (Wildman–Crippen MR) is 57.3 cm³/mol. The van der Waals surface area contributed by atoms with Crippen molar-refractivity contribution in [2.24, 2.45) is 0 Å². The molecule has 16 heavy (non-hydrogen) atoms. The normalized spacial score (nSPS) is 14.2. The predicted octanol–water partition coefficient (Wildman–Crippen LogP) is -1.10. The van der Waals surface area contributed by atoms with Crippen molar-refractivity contribution in [2.75, 3.05) is 6.26 Å². The van der Waals surface area contributed by atoms with Crippen LogP contribution in [0.5, 0.6) is 0 Å². The van der Waals surface area contributed by atoms with Gasteiger partial charge in [0.2, 0.25) is 15.9 Å². The van der Waals surface area contributed by atoms with E-state index in [-0.39, 0.29) is 0 Å². The molecule has 0 radical (unpaired) electrons. The fourth-order valence-electron chi connectivity index (χ4n) is 0.949. The lowest BCUT2D eigenvalue weighted by Gasteiger charge is -2.24. The number of hydrogen-bond acceptors (Lipinski definition) is 4. The van der Waals surface area contributed by atoms with Crippen molar-refractivity contribution in [1.29, 1.82) is 0 Å². The zero-order valence-electron chi connectivity index (χ0n) is 9.57. The molecule has 94 valence electrons. The molecule has 0 aliphatic carbocycles. The summed E-state index contributed by atoms with van der Waals surface area (Å²) in [6.45, 7) is 3.98. The number of rotatable bonds is 5. The summed E-state index contributed by atoms with van der Waals surface area (Å²) in [6.07, 6.45) is 0.919. The third-order valence-corrected chi connectivity index (χ3v) is 2.61. The molecule has 0 aromatic rings. The largest absolute Gasteiger partial charge is 0.480 e. The lowest BCUT2D eigenvalue weighted by molar-refractivity contribution is -0.142. The van der Waals surface area contributed by atoms with Gasteiger partial charge in [0.05, 0.1) is 6.26 Å². The van der Waals surface area contributed by atoms with Gasteiger partial charge in [-0.1, -0.05) is 0 Å². The molecule has 0 saturated heterocycles. The standard InChI is InChI=1S/C8H16N2O5S/c1-5(6(11)12)9-7(13)8(2,3)10-16(4,14)15/h5,10H,1-4H3,(H,9,13)(H,11,12)/t5-/m0/s1. The average Bonchev–Trinajstić information content (AvgIpc) is 1.98. The van der Waals surface area contributed by atoms with E-state index in [0.29, 0.717) is 0 Å². The van der Waals surface area contributed by atoms with Gasteiger partial charge in [0, 0.05) is 0 Å². The molecule has 1 amide bonds. The van der Waals surface area contributed by atoms with Crippen molar-refractivity contribution < 1.29 is 23.1 Å². The van der Waals surface area contributed by atoms with E-state index < -0.39 is 33.5 Å². The Morgan fingerprint density at radius 3 is 2.06 bits per heavy atom. The van der Waals surface area contributed by atoms with Gasteiger partial charge in [-0.25, -0.2) is 13.1 Å². The minimum absolute atomic E-state index is 0.701. The van der Waals surface area contributed by atoms with Gasteiger partial charge in [-0.3, -0.25) is 9.59 Å². The molecule has 8 heteroatoms. The third kappa shape index (κ3) is 5.08. The third-order valence-electron chi connectivity index (χ3n) is 1.73. The van der Waals surface area contributed by atoms with Crippen molar-refractivity contribution in [2.45, 2.75) is 32.4 Å². The Hall–Kier alpha value is -1.15. The maximum Gasteiger partial charge on any atom is 0.325 e. The molecular weight excluding hydrogens is 236 g/mol. The smallest absolute Gasteiger partial charge is 0.325 e. The Bertz CT molecular complexity index is 387. The molecule has 0 unspecified atom stereocenters. The van der Waals surface area contributed by atoms with Gasteiger partial charge in [-0.2, -0.15) is 0 Å². The molecule has 0 spiro atoms. The summed E-state index contributed by atoms with van der Waals surface area (Å²) < 4.78 is 24.0. The fraction of sp³-hybridized carbons (Fsp3) is 0.750. The molecule has 0 aliphatic rings. The SMILES string of the molecule is C[C@H](NC(=O)C(C)(C)NS(C)(=O)=O)C(=O)O. The van der Waals surface area contributed by atoms with E-state index >= 15 is 0 Å². The highest BCUT2D eigenvalue weighted by Crippen LogP contribution is 2.04. The first-order valence-electron chi connectivity index (χ1n) is 4.48. The summed E-state index contributed by atoms with van der Waals surface area (Å²) in [7, 11) is -3.54. The highest BCUT2D eigenvalue weighted by atomic mass is 32.2. The molecule has 0 fully saturated rings. The van der Waals surface area contributed by atoms with Crippen LogP contribution in [0.3, 0.4) is 0 Å². The van der Waals surface area contributed by atoms with Crippen LogP contribution in [0.15, 0.2) is 0 Å². The van der Waals surface area contributed by atoms with Crippen LogP contribution in [-0.2, 0) is 19.6 Å². The quantitative estimate of drug-likeness (QED) is 0.575. The summed E-state index contributed by atoms with van der Waals surface area (Å²) in [4.78, 5) is 22.0. The van der Waals surface area contributed by atoms with Gasteiger partial charge < -0.3 is 10.4 Å². The maximum absolute atomic E-state index is 11.6. The second-order valence-electron chi connectivity index (χ2n) is 4.03. The molecule has 0 aromatic heterocycles. The van der Waals surface area contributed by atoms with Crippen LogP contribution in [0.4, 0.5) is 0 Å². The second-order valence-corrected chi connectivity index (χ2v) is 5.78. The van der Waals surface area contributed by atoms with Crippen LogP contribution in [0.25, 0.3) is 0 Å². The van der Waals surface area contributed by atoms with Crippen molar-refractivity contribution in [3.05, 3.63) is 0 Å². The molecule has 0 bridgehead atoms. The van der Waals surface area contributed by atoms with Crippen LogP contribution in [0.2, 0.25) is 0 Å². The van der Waals surface area contributed by atoms with E-state index in [9.17, 15) is 18.0 Å². The number of carbonyl (C=O) groups is 2. The summed E-state index contributed by atoms with van der Waals surface area (Å²) in [5.41, 5.74) is -1.39. The molecule has 0 aromatic carbocycles. The number of amides is 1. The van der Waals surface area contributed by atoms with E-state index in [2.05, 4.69) is 10.0 Å². The van der Waals surface area contributed by atoms with Crippen molar-refractivity contribution in [3.8, 4) is 0 Å². The van der Waals surface area contributed by atoms with Crippen molar-refractivity contribution in [3.63, 3.8) is 0 Å². The van der Waals surface area contributed by atoms with Gasteiger partial charge in [-0.15, -0.1) is 0 Å². The summed E-state index contributed by atoms with van der Waals surface area (Å²) in [5.74, 6) is -1.89. The van der Waals surface area contributed by atoms with Gasteiger partial charge in [-0.05, 0) is 20.8 Å². The lowest BCUT2D eigenvalue weighted by Crippen LogP contribution is -2.57. The Morgan fingerprint density at radius 2 is 1.75 bits per heavy atom. The van der Waals surface area contributed by atoms with Crippen LogP contribution in [0, 0.1) is 0 Å². The zero-order valence-corrected chi connectivity index (χ0v) is 10.4. The molecule has 1 atom stereocenters. The number of carbonyl (C=O) groups excluding carboxylic acids is 1. The highest BCUT2D eigenvalue weighted by molar-refractivity contribution is 7.88. The number of nitrogens with one attached hydrogen (secondary N) is 2. The van der Waals surface area contributed by atoms with Crippen LogP contribution in [0.1, 0.15) is 20.8 Å². The Kier molecular flexibility index (Phi) is 4.45. The van der Waals surface area contributed by atoms with Crippen LogP contribution < -0.4 is 10.0 Å². The van der Waals surface area contributed by atoms with E-state index in [1.807, 2.05) is 0 Å². The second kappa shape index (κ2) is 4.79. The first-order valence-corrected chi connectivity index (χ1v) is 6.37. The van der Waals surface area contributed by atoms with Crippen LogP contribution in [-0.4, -0.2) is 43.2 Å². The molecule has 7 nitrogen and oxygen atoms in total. The zero-order chi connectivity index (χ0) is 13.1. The minimum atomic E-state index is -3.54. The van der Waals surface area contributed by atoms with Crippen molar-refractivity contribution in [1.82, 2.24) is 10.0 Å². The van der Waals surface area contributed by atoms with Gasteiger partial charge in [0.15, 0.2) is 0 Å². The first-order chi connectivity index (χ1) is 6.96. The average molecular weight is 252 g/mol. The molecule has 0 saturated carbocycles. The topological polar surface area (TPSA) is 113 Å². The van der Waals surface area contributed by atoms with Crippen LogP contribution >= 0.6 is 0 Å². The molecule has 3 N–H and O–H groups in total. The van der Waals surface area contributed by atoms with Crippen molar-refractivity contribution >= 4 is 21.9 Å². The molecule has 0 rings (SSSR count). The van der Waals surface area contributed by atoms with Gasteiger partial charge in [0.25, 0.3) is 0 Å². The minimum Gasteiger partial charge on any atom is -0.480 e. The molecule has 0 heterocycles. The van der Waals surface area contributed by atoms with Gasteiger partial charge in [0.1, 0.15) is 11.6 Å². The summed E-state index contributed by atoms with van der Waals surface area (Å²) >= 11 is 0. The Labute approximate surface area is 94.3 Å². The number of aliphatic carboxylic acids is 1. The number of carboxylic acid groups (broad SMARTS) is 1. The lowest BCUT2D eigenvalue weighted by atomic mass is 10.1. The highest BCUT2D eigenvalue weighted by Gasteiger charge is 2.32. The number of carboxylic acids is 1. The summed E-state index contributed by atoms with van der Waals surface area (Å²) in [6, 6.07) is -1.08. The molecular formula is C8H16N2O5S. The van der Waals surface area contributed by atoms with E-state index in [1.165, 1.54) is 20.8 Å². The fourth-order valence-corrected chi connectivity index (χ4v) is 1.97. The first kappa shape index (κ1) is 14.8. The molecule has 0 aliphatic heterocycles. The number of hydrogen-bond donors (Lipinski definition) is 3. The summed E-state index contributed by atoms with van der Waals surface area (Å²) in [5, 5.41) is 10.8. The van der Waals surface area contributed by atoms with E-state index in [1.54, 1.807) is 0 Å².